The first kappa shape index (κ1) is 10.8. The van der Waals surface area contributed by atoms with Gasteiger partial charge >= 0.3 is 0 Å². The van der Waals surface area contributed by atoms with Crippen LogP contribution in [0.15, 0.2) is 22.7 Å². The van der Waals surface area contributed by atoms with Crippen molar-refractivity contribution in [1.29, 1.82) is 0 Å². The second-order valence-electron chi connectivity index (χ2n) is 3.96. The van der Waals surface area contributed by atoms with Crippen LogP contribution in [0.3, 0.4) is 0 Å². The average Bonchev–Trinajstić information content (AvgIpc) is 2.95. The molecular weight excluding hydrogens is 236 g/mol. The molecule has 0 saturated heterocycles. The zero-order valence-corrected chi connectivity index (χ0v) is 9.67. The number of hydrogen-bond acceptors (Lipinski definition) is 6. The standard InChI is InChI=1S/C12H10N2O4/c1-7(15)4-11-13-12(14-18-11)8-2-3-9-10(5-8)17-6-16-9/h2-3,5H,4,6H2,1H3. The van der Waals surface area contributed by atoms with E-state index in [0.29, 0.717) is 23.2 Å². The highest BCUT2D eigenvalue weighted by Crippen LogP contribution is 2.35. The average molecular weight is 246 g/mol. The molecule has 0 radical (unpaired) electrons. The molecule has 0 aliphatic carbocycles. The Morgan fingerprint density at radius 3 is 3.00 bits per heavy atom. The Labute approximate surface area is 103 Å². The molecule has 92 valence electrons. The van der Waals surface area contributed by atoms with Gasteiger partial charge in [-0.1, -0.05) is 5.16 Å². The van der Waals surface area contributed by atoms with Crippen molar-refractivity contribution in [2.24, 2.45) is 0 Å². The van der Waals surface area contributed by atoms with Gasteiger partial charge < -0.3 is 14.0 Å². The van der Waals surface area contributed by atoms with Crippen molar-refractivity contribution in [2.45, 2.75) is 13.3 Å². The van der Waals surface area contributed by atoms with Crippen LogP contribution in [-0.2, 0) is 11.2 Å². The number of fused-ring (bicyclic) bond motifs is 1. The smallest absolute Gasteiger partial charge is 0.234 e. The van der Waals surface area contributed by atoms with Crippen LogP contribution in [0.2, 0.25) is 0 Å². The molecular formula is C12H10N2O4. The third-order valence-corrected chi connectivity index (χ3v) is 2.50. The van der Waals surface area contributed by atoms with E-state index in [9.17, 15) is 4.79 Å². The molecule has 0 N–H and O–H groups in total. The summed E-state index contributed by atoms with van der Waals surface area (Å²) in [5.41, 5.74) is 0.762. The van der Waals surface area contributed by atoms with E-state index in [1.165, 1.54) is 6.92 Å². The van der Waals surface area contributed by atoms with Crippen molar-refractivity contribution in [3.63, 3.8) is 0 Å². The molecule has 0 amide bonds. The molecule has 2 aromatic rings. The normalized spacial score (nSPS) is 12.7. The van der Waals surface area contributed by atoms with E-state index in [2.05, 4.69) is 10.1 Å². The van der Waals surface area contributed by atoms with Crippen LogP contribution in [0.1, 0.15) is 12.8 Å². The van der Waals surface area contributed by atoms with E-state index in [1.807, 2.05) is 6.07 Å². The van der Waals surface area contributed by atoms with Crippen LogP contribution in [0.4, 0.5) is 0 Å². The summed E-state index contributed by atoms with van der Waals surface area (Å²) in [4.78, 5) is 15.1. The first-order chi connectivity index (χ1) is 8.72. The molecule has 1 aliphatic heterocycles. The lowest BCUT2D eigenvalue weighted by Gasteiger charge is -1.97. The van der Waals surface area contributed by atoms with Crippen molar-refractivity contribution in [2.75, 3.05) is 6.79 Å². The molecule has 0 unspecified atom stereocenters. The fourth-order valence-electron chi connectivity index (χ4n) is 1.69. The van der Waals surface area contributed by atoms with E-state index in [4.69, 9.17) is 14.0 Å². The number of nitrogens with zero attached hydrogens (tertiary/aromatic N) is 2. The van der Waals surface area contributed by atoms with E-state index in [1.54, 1.807) is 12.1 Å². The monoisotopic (exact) mass is 246 g/mol. The first-order valence-electron chi connectivity index (χ1n) is 5.44. The zero-order chi connectivity index (χ0) is 12.5. The van der Waals surface area contributed by atoms with Crippen LogP contribution >= 0.6 is 0 Å². The summed E-state index contributed by atoms with van der Waals surface area (Å²) < 4.78 is 15.5. The minimum atomic E-state index is -0.0177. The molecule has 0 spiro atoms. The SMILES string of the molecule is CC(=O)Cc1nc(-c2ccc3c(c2)OCO3)no1. The molecule has 0 fully saturated rings. The predicted octanol–water partition coefficient (Wildman–Crippen LogP) is 1.60. The van der Waals surface area contributed by atoms with Crippen molar-refractivity contribution >= 4 is 5.78 Å². The van der Waals surface area contributed by atoms with Gasteiger partial charge in [-0.25, -0.2) is 0 Å². The third kappa shape index (κ3) is 1.92. The van der Waals surface area contributed by atoms with Gasteiger partial charge in [-0.2, -0.15) is 4.98 Å². The van der Waals surface area contributed by atoms with Crippen molar-refractivity contribution in [3.05, 3.63) is 24.1 Å². The van der Waals surface area contributed by atoms with Crippen LogP contribution in [0.5, 0.6) is 11.5 Å². The van der Waals surface area contributed by atoms with E-state index >= 15 is 0 Å². The summed E-state index contributed by atoms with van der Waals surface area (Å²) in [7, 11) is 0. The van der Waals surface area contributed by atoms with Gasteiger partial charge in [0, 0.05) is 5.56 Å². The van der Waals surface area contributed by atoms with Gasteiger partial charge in [0.2, 0.25) is 18.5 Å². The molecule has 0 saturated carbocycles. The molecule has 1 aromatic carbocycles. The number of Topliss-reactive ketones (excluding diaryl/α,β-unsaturated/α-hetero) is 1. The Hall–Kier alpha value is -2.37. The van der Waals surface area contributed by atoms with Crippen LogP contribution < -0.4 is 9.47 Å². The first-order valence-corrected chi connectivity index (χ1v) is 5.44. The number of carbonyl (C=O) groups is 1. The molecule has 18 heavy (non-hydrogen) atoms. The van der Waals surface area contributed by atoms with Crippen LogP contribution in [0.25, 0.3) is 11.4 Å². The molecule has 0 bridgehead atoms. The molecule has 1 aromatic heterocycles. The van der Waals surface area contributed by atoms with Crippen molar-refractivity contribution in [3.8, 4) is 22.9 Å². The van der Waals surface area contributed by atoms with E-state index in [0.717, 1.165) is 5.56 Å². The summed E-state index contributed by atoms with van der Waals surface area (Å²) in [6.07, 6.45) is 0.150. The Kier molecular flexibility index (Phi) is 2.47. The second-order valence-corrected chi connectivity index (χ2v) is 3.96. The number of benzene rings is 1. The van der Waals surface area contributed by atoms with Gasteiger partial charge in [0.05, 0.1) is 6.42 Å². The Balaban J connectivity index is 1.90. The maximum atomic E-state index is 10.9. The number of ketones is 1. The number of hydrogen-bond donors (Lipinski definition) is 0. The Morgan fingerprint density at radius 2 is 2.17 bits per heavy atom. The van der Waals surface area contributed by atoms with Crippen LogP contribution in [-0.4, -0.2) is 22.7 Å². The fraction of sp³-hybridized carbons (Fsp3) is 0.250. The Morgan fingerprint density at radius 1 is 1.33 bits per heavy atom. The summed E-state index contributed by atoms with van der Waals surface area (Å²) in [6, 6.07) is 5.39. The van der Waals surface area contributed by atoms with Gasteiger partial charge in [-0.15, -0.1) is 0 Å². The van der Waals surface area contributed by atoms with Gasteiger partial charge in [0.1, 0.15) is 5.78 Å². The molecule has 3 rings (SSSR count). The summed E-state index contributed by atoms with van der Waals surface area (Å²) in [6.45, 7) is 1.70. The predicted molar refractivity (Wildman–Crippen MR) is 60.2 cm³/mol. The summed E-state index contributed by atoms with van der Waals surface area (Å²) in [5, 5.41) is 3.83. The number of ether oxygens (including phenoxy) is 2. The number of rotatable bonds is 3. The topological polar surface area (TPSA) is 74.5 Å². The van der Waals surface area contributed by atoms with Gasteiger partial charge in [0.25, 0.3) is 0 Å². The highest BCUT2D eigenvalue weighted by molar-refractivity contribution is 5.77. The van der Waals surface area contributed by atoms with Gasteiger partial charge in [-0.05, 0) is 25.1 Å². The summed E-state index contributed by atoms with van der Waals surface area (Å²) >= 11 is 0. The molecule has 1 aliphatic rings. The fourth-order valence-corrected chi connectivity index (χ4v) is 1.69. The molecule has 2 heterocycles. The maximum Gasteiger partial charge on any atom is 0.234 e. The number of aromatic nitrogens is 2. The van der Waals surface area contributed by atoms with Crippen molar-refractivity contribution < 1.29 is 18.8 Å². The lowest BCUT2D eigenvalue weighted by atomic mass is 10.2. The quantitative estimate of drug-likeness (QED) is 0.818. The minimum Gasteiger partial charge on any atom is -0.454 e. The highest BCUT2D eigenvalue weighted by atomic mass is 16.7. The van der Waals surface area contributed by atoms with Crippen molar-refractivity contribution in [1.82, 2.24) is 10.1 Å². The number of carbonyl (C=O) groups excluding carboxylic acids is 1. The largest absolute Gasteiger partial charge is 0.454 e. The van der Waals surface area contributed by atoms with Gasteiger partial charge in [0.15, 0.2) is 11.5 Å². The molecule has 6 heteroatoms. The lowest BCUT2D eigenvalue weighted by molar-refractivity contribution is -0.116. The molecule has 0 atom stereocenters. The lowest BCUT2D eigenvalue weighted by Crippen LogP contribution is -1.96. The molecule has 6 nitrogen and oxygen atoms in total. The van der Waals surface area contributed by atoms with E-state index in [-0.39, 0.29) is 19.0 Å². The highest BCUT2D eigenvalue weighted by Gasteiger charge is 2.16. The Bertz CT molecular complexity index is 606. The minimum absolute atomic E-state index is 0.0177. The van der Waals surface area contributed by atoms with Crippen LogP contribution in [0, 0.1) is 0 Å². The van der Waals surface area contributed by atoms with E-state index < -0.39 is 0 Å². The zero-order valence-electron chi connectivity index (χ0n) is 9.67. The van der Waals surface area contributed by atoms with Gasteiger partial charge in [-0.3, -0.25) is 4.79 Å². The second kappa shape index (κ2) is 4.14. The maximum absolute atomic E-state index is 10.9. The third-order valence-electron chi connectivity index (χ3n) is 2.50. The summed E-state index contributed by atoms with van der Waals surface area (Å²) in [5.74, 6) is 2.09.